The monoisotopic (exact) mass is 198 g/mol. The van der Waals surface area contributed by atoms with Crippen molar-refractivity contribution >= 4 is 5.91 Å². The molecule has 1 aliphatic heterocycles. The smallest absolute Gasteiger partial charge is 0.236 e. The summed E-state index contributed by atoms with van der Waals surface area (Å²) in [5.74, 6) is 0.222. The Balaban J connectivity index is 2.90. The maximum Gasteiger partial charge on any atom is 0.236 e. The molecule has 0 N–H and O–H groups in total. The van der Waals surface area contributed by atoms with Gasteiger partial charge in [0, 0.05) is 24.7 Å². The fourth-order valence-corrected chi connectivity index (χ4v) is 2.37. The van der Waals surface area contributed by atoms with Gasteiger partial charge in [0.25, 0.3) is 0 Å². The van der Waals surface area contributed by atoms with Gasteiger partial charge in [-0.25, -0.2) is 0 Å². The van der Waals surface area contributed by atoms with E-state index in [9.17, 15) is 4.79 Å². The van der Waals surface area contributed by atoms with Crippen LogP contribution in [0.3, 0.4) is 0 Å². The van der Waals surface area contributed by atoms with Crippen molar-refractivity contribution < 1.29 is 4.79 Å². The van der Waals surface area contributed by atoms with Crippen molar-refractivity contribution in [3.8, 4) is 0 Å². The zero-order valence-electron chi connectivity index (χ0n) is 10.2. The molecule has 0 aromatic rings. The zero-order valence-corrected chi connectivity index (χ0v) is 10.2. The molecule has 1 amide bonds. The molecule has 0 aromatic heterocycles. The summed E-state index contributed by atoms with van der Waals surface area (Å²) >= 11 is 0. The van der Waals surface area contributed by atoms with Crippen LogP contribution in [0.15, 0.2) is 0 Å². The molecule has 0 aliphatic carbocycles. The minimum atomic E-state index is 0.0560. The number of hydrogen-bond acceptors (Lipinski definition) is 2. The number of hydrogen-bond donors (Lipinski definition) is 0. The van der Waals surface area contributed by atoms with E-state index in [1.165, 1.54) is 0 Å². The van der Waals surface area contributed by atoms with E-state index < -0.39 is 0 Å². The summed E-state index contributed by atoms with van der Waals surface area (Å²) in [4.78, 5) is 15.7. The van der Waals surface area contributed by atoms with Crippen LogP contribution in [0, 0.1) is 0 Å². The Labute approximate surface area is 87.1 Å². The fourth-order valence-electron chi connectivity index (χ4n) is 2.37. The van der Waals surface area contributed by atoms with E-state index in [1.807, 2.05) is 11.9 Å². The Kier molecular flexibility index (Phi) is 2.65. The Hall–Kier alpha value is -0.570. The molecule has 0 spiro atoms. The number of likely N-dealkylation sites (N-methyl/N-ethyl adjacent to an activating group) is 1. The minimum absolute atomic E-state index is 0.0560. The molecular formula is C11H22N2O. The molecule has 3 nitrogen and oxygen atoms in total. The van der Waals surface area contributed by atoms with Crippen LogP contribution in [0.1, 0.15) is 34.6 Å². The summed E-state index contributed by atoms with van der Waals surface area (Å²) in [6.45, 7) is 12.2. The number of carbonyl (C=O) groups is 1. The molecule has 3 heteroatoms. The van der Waals surface area contributed by atoms with E-state index in [4.69, 9.17) is 0 Å². The van der Waals surface area contributed by atoms with Gasteiger partial charge in [0.1, 0.15) is 0 Å². The highest BCUT2D eigenvalue weighted by atomic mass is 16.2. The van der Waals surface area contributed by atoms with Crippen LogP contribution >= 0.6 is 0 Å². The van der Waals surface area contributed by atoms with Gasteiger partial charge in [0.05, 0.1) is 6.54 Å². The van der Waals surface area contributed by atoms with Crippen LogP contribution in [0.4, 0.5) is 0 Å². The first-order chi connectivity index (χ1) is 6.14. The van der Waals surface area contributed by atoms with Gasteiger partial charge in [-0.15, -0.1) is 0 Å². The van der Waals surface area contributed by atoms with Crippen molar-refractivity contribution in [3.05, 3.63) is 0 Å². The largest absolute Gasteiger partial charge is 0.343 e. The van der Waals surface area contributed by atoms with Crippen LogP contribution < -0.4 is 0 Å². The third-order valence-electron chi connectivity index (χ3n) is 2.88. The lowest BCUT2D eigenvalue weighted by Gasteiger charge is -2.51. The molecule has 1 rings (SSSR count). The average molecular weight is 198 g/mol. The third-order valence-corrected chi connectivity index (χ3v) is 2.88. The van der Waals surface area contributed by atoms with Crippen molar-refractivity contribution in [1.82, 2.24) is 9.80 Å². The summed E-state index contributed by atoms with van der Waals surface area (Å²) in [5.41, 5.74) is 0.126. The van der Waals surface area contributed by atoms with E-state index in [0.717, 1.165) is 6.54 Å². The van der Waals surface area contributed by atoms with Gasteiger partial charge in [-0.05, 0) is 34.6 Å². The van der Waals surface area contributed by atoms with Crippen LogP contribution in [0.25, 0.3) is 0 Å². The summed E-state index contributed by atoms with van der Waals surface area (Å²) in [5, 5.41) is 0. The second-order valence-electron chi connectivity index (χ2n) is 5.82. The second-order valence-corrected chi connectivity index (χ2v) is 5.82. The average Bonchev–Trinajstić information content (AvgIpc) is 1.93. The number of piperazine rings is 1. The molecule has 1 saturated heterocycles. The molecule has 0 radical (unpaired) electrons. The van der Waals surface area contributed by atoms with Crippen molar-refractivity contribution in [2.24, 2.45) is 0 Å². The molecule has 0 unspecified atom stereocenters. The van der Waals surface area contributed by atoms with Gasteiger partial charge in [-0.2, -0.15) is 0 Å². The standard InChI is InChI=1S/C11H22N2O/c1-10(2,3)13-7-9(14)12(6)8-11(13,4)5/h7-8H2,1-6H3. The van der Waals surface area contributed by atoms with E-state index in [0.29, 0.717) is 6.54 Å². The number of nitrogens with zero attached hydrogens (tertiary/aromatic N) is 2. The molecule has 14 heavy (non-hydrogen) atoms. The Morgan fingerprint density at radius 2 is 1.79 bits per heavy atom. The summed E-state index contributed by atoms with van der Waals surface area (Å²) < 4.78 is 0. The van der Waals surface area contributed by atoms with E-state index in [1.54, 1.807) is 0 Å². The lowest BCUT2D eigenvalue weighted by molar-refractivity contribution is -0.145. The van der Waals surface area contributed by atoms with Crippen molar-refractivity contribution in [2.75, 3.05) is 20.1 Å². The quantitative estimate of drug-likeness (QED) is 0.586. The third kappa shape index (κ3) is 2.08. The van der Waals surface area contributed by atoms with Crippen molar-refractivity contribution in [3.63, 3.8) is 0 Å². The first-order valence-corrected chi connectivity index (χ1v) is 5.16. The van der Waals surface area contributed by atoms with Gasteiger partial charge >= 0.3 is 0 Å². The van der Waals surface area contributed by atoms with E-state index >= 15 is 0 Å². The molecule has 82 valence electrons. The summed E-state index contributed by atoms with van der Waals surface area (Å²) in [7, 11) is 1.88. The highest BCUT2D eigenvalue weighted by Crippen LogP contribution is 2.28. The number of carbonyl (C=O) groups excluding carboxylic acids is 1. The minimum Gasteiger partial charge on any atom is -0.343 e. The molecule has 1 fully saturated rings. The van der Waals surface area contributed by atoms with Crippen LogP contribution in [-0.4, -0.2) is 46.9 Å². The Bertz CT molecular complexity index is 240. The van der Waals surface area contributed by atoms with Gasteiger partial charge in [0.15, 0.2) is 0 Å². The lowest BCUT2D eigenvalue weighted by Crippen LogP contribution is -2.65. The normalized spacial score (nSPS) is 24.1. The predicted octanol–water partition coefficient (Wildman–Crippen LogP) is 1.34. The summed E-state index contributed by atoms with van der Waals surface area (Å²) in [6.07, 6.45) is 0. The van der Waals surface area contributed by atoms with Crippen LogP contribution in [0.2, 0.25) is 0 Å². The summed E-state index contributed by atoms with van der Waals surface area (Å²) in [6, 6.07) is 0. The first-order valence-electron chi connectivity index (χ1n) is 5.16. The number of amides is 1. The lowest BCUT2D eigenvalue weighted by atomic mass is 9.91. The molecular weight excluding hydrogens is 176 g/mol. The van der Waals surface area contributed by atoms with Crippen LogP contribution in [-0.2, 0) is 4.79 Å². The molecule has 0 atom stereocenters. The van der Waals surface area contributed by atoms with Gasteiger partial charge < -0.3 is 4.90 Å². The Morgan fingerprint density at radius 3 is 2.21 bits per heavy atom. The SMILES string of the molecule is CN1CC(C)(C)N(C(C)(C)C)CC1=O. The topological polar surface area (TPSA) is 23.6 Å². The van der Waals surface area contributed by atoms with E-state index in [2.05, 4.69) is 39.5 Å². The van der Waals surface area contributed by atoms with E-state index in [-0.39, 0.29) is 17.0 Å². The van der Waals surface area contributed by atoms with Crippen molar-refractivity contribution in [2.45, 2.75) is 45.7 Å². The van der Waals surface area contributed by atoms with Gasteiger partial charge in [0.2, 0.25) is 5.91 Å². The molecule has 0 bridgehead atoms. The van der Waals surface area contributed by atoms with Crippen molar-refractivity contribution in [1.29, 1.82) is 0 Å². The maximum atomic E-state index is 11.6. The highest BCUT2D eigenvalue weighted by molar-refractivity contribution is 5.79. The highest BCUT2D eigenvalue weighted by Gasteiger charge is 2.41. The molecule has 1 heterocycles. The predicted molar refractivity (Wildman–Crippen MR) is 58.2 cm³/mol. The Morgan fingerprint density at radius 1 is 1.29 bits per heavy atom. The van der Waals surface area contributed by atoms with Gasteiger partial charge in [-0.3, -0.25) is 9.69 Å². The molecule has 0 saturated carbocycles. The second kappa shape index (κ2) is 3.23. The number of rotatable bonds is 0. The van der Waals surface area contributed by atoms with Gasteiger partial charge in [-0.1, -0.05) is 0 Å². The molecule has 1 aliphatic rings. The van der Waals surface area contributed by atoms with Crippen LogP contribution in [0.5, 0.6) is 0 Å². The molecule has 0 aromatic carbocycles. The zero-order chi connectivity index (χ0) is 11.1. The first kappa shape index (κ1) is 11.5. The maximum absolute atomic E-state index is 11.6. The fraction of sp³-hybridized carbons (Fsp3) is 0.909.